The third-order valence-electron chi connectivity index (χ3n) is 5.44. The third kappa shape index (κ3) is 8.70. The van der Waals surface area contributed by atoms with E-state index in [1.807, 2.05) is 6.92 Å². The fourth-order valence-electron chi connectivity index (χ4n) is 4.23. The molecule has 1 fully saturated rings. The lowest BCUT2D eigenvalue weighted by atomic mass is 9.87. The summed E-state index contributed by atoms with van der Waals surface area (Å²) in [6.45, 7) is 0.762. The van der Waals surface area contributed by atoms with Gasteiger partial charge in [0, 0.05) is 17.8 Å². The average molecular weight is 466 g/mol. The molecule has 0 heterocycles. The van der Waals surface area contributed by atoms with Gasteiger partial charge in [0.2, 0.25) is 5.91 Å². The molecule has 0 aliphatic heterocycles. The Morgan fingerprint density at radius 3 is 1.73 bits per heavy atom. The van der Waals surface area contributed by atoms with Crippen LogP contribution in [0, 0.1) is 0 Å². The average Bonchev–Trinajstić information content (AvgIpc) is 2.73. The predicted molar refractivity (Wildman–Crippen MR) is 118 cm³/mol. The first-order valence-electron chi connectivity index (χ1n) is 10.9. The Kier molecular flexibility index (Phi) is 10.1. The van der Waals surface area contributed by atoms with E-state index >= 15 is 0 Å². The lowest BCUT2D eigenvalue weighted by Crippen LogP contribution is -2.57. The molecule has 1 aromatic carbocycles. The van der Waals surface area contributed by atoms with Crippen molar-refractivity contribution >= 4 is 29.5 Å². The minimum atomic E-state index is -1.17. The van der Waals surface area contributed by atoms with Crippen molar-refractivity contribution in [2.75, 3.05) is 38.1 Å². The van der Waals surface area contributed by atoms with E-state index in [1.165, 1.54) is 9.80 Å². The minimum Gasteiger partial charge on any atom is -0.494 e. The molecule has 2 rings (SSSR count). The van der Waals surface area contributed by atoms with Gasteiger partial charge in [-0.3, -0.25) is 29.0 Å². The van der Waals surface area contributed by atoms with Crippen LogP contribution in [0.1, 0.15) is 32.6 Å². The first-order chi connectivity index (χ1) is 15.7. The number of hydrogen-bond donors (Lipinski definition) is 4. The van der Waals surface area contributed by atoms with E-state index < -0.39 is 55.5 Å². The van der Waals surface area contributed by atoms with E-state index in [-0.39, 0.29) is 6.54 Å². The molecule has 182 valence electrons. The van der Waals surface area contributed by atoms with E-state index in [2.05, 4.69) is 5.32 Å². The zero-order valence-corrected chi connectivity index (χ0v) is 18.6. The van der Waals surface area contributed by atoms with Gasteiger partial charge in [-0.05, 0) is 44.0 Å². The topological polar surface area (TPSA) is 157 Å². The van der Waals surface area contributed by atoms with Crippen molar-refractivity contribution in [3.8, 4) is 5.75 Å². The molecule has 11 nitrogen and oxygen atoms in total. The molecule has 1 aromatic rings. The second-order valence-corrected chi connectivity index (χ2v) is 7.92. The van der Waals surface area contributed by atoms with Gasteiger partial charge in [-0.15, -0.1) is 0 Å². The number of rotatable bonds is 13. The summed E-state index contributed by atoms with van der Waals surface area (Å²) in [7, 11) is 0. The zero-order chi connectivity index (χ0) is 24.4. The highest BCUT2D eigenvalue weighted by Crippen LogP contribution is 2.27. The number of nitrogens with zero attached hydrogens (tertiary/aromatic N) is 2. The zero-order valence-electron chi connectivity index (χ0n) is 18.6. The van der Waals surface area contributed by atoms with Gasteiger partial charge < -0.3 is 25.4 Å². The Labute approximate surface area is 191 Å². The lowest BCUT2D eigenvalue weighted by molar-refractivity contribution is -0.146. The molecule has 0 spiro atoms. The van der Waals surface area contributed by atoms with Gasteiger partial charge >= 0.3 is 17.9 Å². The summed E-state index contributed by atoms with van der Waals surface area (Å²) in [6.07, 6.45) is 2.58. The van der Waals surface area contributed by atoms with Gasteiger partial charge in [0.25, 0.3) is 0 Å². The number of anilines is 1. The maximum atomic E-state index is 12.7. The predicted octanol–water partition coefficient (Wildman–Crippen LogP) is 1.19. The summed E-state index contributed by atoms with van der Waals surface area (Å²) in [5, 5.41) is 30.6. The summed E-state index contributed by atoms with van der Waals surface area (Å²) in [4.78, 5) is 49.7. The highest BCUT2D eigenvalue weighted by Gasteiger charge is 2.37. The van der Waals surface area contributed by atoms with Crippen molar-refractivity contribution in [1.29, 1.82) is 0 Å². The Morgan fingerprint density at radius 2 is 1.30 bits per heavy atom. The third-order valence-corrected chi connectivity index (χ3v) is 5.44. The second-order valence-electron chi connectivity index (χ2n) is 7.92. The molecule has 0 aromatic heterocycles. The summed E-state index contributed by atoms with van der Waals surface area (Å²) in [6, 6.07) is 5.80. The molecule has 1 aliphatic rings. The quantitative estimate of drug-likeness (QED) is 0.334. The van der Waals surface area contributed by atoms with Gasteiger partial charge in [0.05, 0.1) is 32.8 Å². The number of amides is 1. The van der Waals surface area contributed by atoms with Crippen molar-refractivity contribution in [3.05, 3.63) is 24.3 Å². The van der Waals surface area contributed by atoms with E-state index in [1.54, 1.807) is 24.3 Å². The molecule has 11 heteroatoms. The van der Waals surface area contributed by atoms with E-state index in [0.29, 0.717) is 30.9 Å². The van der Waals surface area contributed by atoms with Crippen molar-refractivity contribution in [2.24, 2.45) is 0 Å². The van der Waals surface area contributed by atoms with Crippen molar-refractivity contribution in [3.63, 3.8) is 0 Å². The van der Waals surface area contributed by atoms with E-state index in [4.69, 9.17) is 4.74 Å². The van der Waals surface area contributed by atoms with Crippen LogP contribution < -0.4 is 10.1 Å². The first-order valence-corrected chi connectivity index (χ1v) is 10.9. The van der Waals surface area contributed by atoms with Crippen LogP contribution in [0.4, 0.5) is 5.69 Å². The number of nitrogens with one attached hydrogen (secondary N) is 1. The molecule has 4 N–H and O–H groups in total. The van der Waals surface area contributed by atoms with Gasteiger partial charge in [-0.1, -0.05) is 12.8 Å². The molecule has 1 amide bonds. The molecular formula is C22H31N3O8. The molecule has 0 radical (unpaired) electrons. The van der Waals surface area contributed by atoms with Crippen molar-refractivity contribution < 1.29 is 39.2 Å². The largest absolute Gasteiger partial charge is 0.494 e. The molecule has 1 unspecified atom stereocenters. The summed E-state index contributed by atoms with van der Waals surface area (Å²) in [5.41, 5.74) is 0.525. The van der Waals surface area contributed by atoms with Crippen LogP contribution in [0.25, 0.3) is 0 Å². The van der Waals surface area contributed by atoms with Crippen molar-refractivity contribution in [2.45, 2.75) is 44.7 Å². The maximum absolute atomic E-state index is 12.7. The molecule has 1 aliphatic carbocycles. The summed E-state index contributed by atoms with van der Waals surface area (Å²) in [5.74, 6) is -3.23. The Balaban J connectivity index is 2.17. The van der Waals surface area contributed by atoms with E-state index in [9.17, 15) is 34.5 Å². The Hall–Kier alpha value is -3.18. The maximum Gasteiger partial charge on any atom is 0.317 e. The van der Waals surface area contributed by atoms with Crippen LogP contribution in [0.2, 0.25) is 0 Å². The highest BCUT2D eigenvalue weighted by atomic mass is 16.5. The molecule has 0 saturated heterocycles. The number of carboxylic acid groups (broad SMARTS) is 3. The van der Waals surface area contributed by atoms with E-state index in [0.717, 1.165) is 12.8 Å². The SMILES string of the molecule is CCOc1ccc(NC(=O)CN(CC(=O)O)[C@@H]2CCCCC2N(CC(=O)O)CC(=O)O)cc1. The Morgan fingerprint density at radius 1 is 0.848 bits per heavy atom. The molecule has 33 heavy (non-hydrogen) atoms. The van der Waals surface area contributed by atoms with Crippen LogP contribution >= 0.6 is 0 Å². The lowest BCUT2D eigenvalue weighted by Gasteiger charge is -2.43. The minimum absolute atomic E-state index is 0.228. The van der Waals surface area contributed by atoms with Gasteiger partial charge in [-0.2, -0.15) is 0 Å². The molecule has 2 atom stereocenters. The summed E-state index contributed by atoms with van der Waals surface area (Å²) < 4.78 is 5.37. The molecular weight excluding hydrogens is 434 g/mol. The number of carboxylic acids is 3. The Bertz CT molecular complexity index is 813. The van der Waals surface area contributed by atoms with Crippen molar-refractivity contribution in [1.82, 2.24) is 9.80 Å². The smallest absolute Gasteiger partial charge is 0.317 e. The molecule has 1 saturated carbocycles. The summed E-state index contributed by atoms with van der Waals surface area (Å²) >= 11 is 0. The fourth-order valence-corrected chi connectivity index (χ4v) is 4.23. The number of carbonyl (C=O) groups excluding carboxylic acids is 1. The highest BCUT2D eigenvalue weighted by molar-refractivity contribution is 5.92. The van der Waals surface area contributed by atoms with Gasteiger partial charge in [-0.25, -0.2) is 0 Å². The van der Waals surface area contributed by atoms with Crippen LogP contribution in [0.15, 0.2) is 24.3 Å². The standard InChI is InChI=1S/C22H31N3O8/c1-2-33-16-9-7-15(8-10-16)23-19(26)11-24(12-20(27)28)17-5-3-4-6-18(17)25(13-21(29)30)14-22(31)32/h7-10,17-18H,2-6,11-14H2,1H3,(H,23,26)(H,27,28)(H,29,30)(H,31,32)/t17-,18?/m1/s1. The number of carbonyl (C=O) groups is 4. The van der Waals surface area contributed by atoms with Crippen LogP contribution in [0.5, 0.6) is 5.75 Å². The number of ether oxygens (including phenoxy) is 1. The number of hydrogen-bond acceptors (Lipinski definition) is 7. The number of benzene rings is 1. The molecule has 0 bridgehead atoms. The number of aliphatic carboxylic acids is 3. The normalized spacial score (nSPS) is 18.2. The van der Waals surface area contributed by atoms with Gasteiger partial charge in [0.1, 0.15) is 5.75 Å². The van der Waals surface area contributed by atoms with Gasteiger partial charge in [0.15, 0.2) is 0 Å². The van der Waals surface area contributed by atoms with Crippen LogP contribution in [-0.4, -0.2) is 93.8 Å². The van der Waals surface area contributed by atoms with Crippen LogP contribution in [0.3, 0.4) is 0 Å². The monoisotopic (exact) mass is 465 g/mol. The fraction of sp³-hybridized carbons (Fsp3) is 0.545. The van der Waals surface area contributed by atoms with Crippen LogP contribution in [-0.2, 0) is 19.2 Å². The second kappa shape index (κ2) is 12.8. The first kappa shape index (κ1) is 26.1.